The lowest BCUT2D eigenvalue weighted by molar-refractivity contribution is -0.159. The van der Waals surface area contributed by atoms with Gasteiger partial charge in [-0.1, -0.05) is 42.5 Å². The first-order valence-corrected chi connectivity index (χ1v) is 9.61. The Kier molecular flexibility index (Phi) is 6.66. The van der Waals surface area contributed by atoms with Gasteiger partial charge in [0.25, 0.3) is 0 Å². The number of fused-ring (bicyclic) bond motifs is 1. The largest absolute Gasteiger partial charge is 0.473 e. The highest BCUT2D eigenvalue weighted by Gasteiger charge is 2.31. The Balaban J connectivity index is 0.000000330. The van der Waals surface area contributed by atoms with Crippen LogP contribution in [0.5, 0.6) is 0 Å². The Morgan fingerprint density at radius 1 is 0.964 bits per heavy atom. The van der Waals surface area contributed by atoms with Crippen molar-refractivity contribution in [3.63, 3.8) is 0 Å². The summed E-state index contributed by atoms with van der Waals surface area (Å²) in [7, 11) is 0. The maximum atomic E-state index is 9.10. The van der Waals surface area contributed by atoms with Crippen LogP contribution in [-0.4, -0.2) is 46.7 Å². The van der Waals surface area contributed by atoms with Crippen LogP contribution in [0.3, 0.4) is 0 Å². The Labute approximate surface area is 164 Å². The number of nitrogens with one attached hydrogen (secondary N) is 1. The van der Waals surface area contributed by atoms with Gasteiger partial charge in [-0.25, -0.2) is 9.59 Å². The molecule has 6 heteroatoms. The van der Waals surface area contributed by atoms with Crippen molar-refractivity contribution in [2.45, 2.75) is 25.3 Å². The van der Waals surface area contributed by atoms with Gasteiger partial charge in [0.1, 0.15) is 0 Å². The zero-order valence-electron chi connectivity index (χ0n) is 15.8. The third-order valence-corrected chi connectivity index (χ3v) is 5.17. The van der Waals surface area contributed by atoms with E-state index in [1.807, 2.05) is 0 Å². The van der Waals surface area contributed by atoms with Crippen LogP contribution in [0.4, 0.5) is 5.69 Å². The standard InChI is InChI=1S/C20H24N2.C2H2O4/c1-2-7-18(8-3-1)21-14-20-19-9-5-4-6-17(19)12-13-22(20)15-16-10-11-16;3-1(4)2(5)6/h1-9,16,20-21H,10-15H2;(H,3,4)(H,5,6). The van der Waals surface area contributed by atoms with E-state index in [-0.39, 0.29) is 0 Å². The summed E-state index contributed by atoms with van der Waals surface area (Å²) in [5.74, 6) is -2.70. The van der Waals surface area contributed by atoms with Crippen molar-refractivity contribution in [2.24, 2.45) is 5.92 Å². The van der Waals surface area contributed by atoms with E-state index >= 15 is 0 Å². The molecule has 148 valence electrons. The van der Waals surface area contributed by atoms with Crippen LogP contribution >= 0.6 is 0 Å². The van der Waals surface area contributed by atoms with Crippen molar-refractivity contribution < 1.29 is 19.8 Å². The van der Waals surface area contributed by atoms with E-state index < -0.39 is 11.9 Å². The van der Waals surface area contributed by atoms with E-state index in [0.717, 1.165) is 12.5 Å². The fourth-order valence-electron chi connectivity index (χ4n) is 3.56. The summed E-state index contributed by atoms with van der Waals surface area (Å²) in [5, 5.41) is 18.4. The van der Waals surface area contributed by atoms with Gasteiger partial charge in [-0.2, -0.15) is 0 Å². The van der Waals surface area contributed by atoms with Crippen molar-refractivity contribution in [3.8, 4) is 0 Å². The van der Waals surface area contributed by atoms with Gasteiger partial charge in [0, 0.05) is 25.3 Å². The quantitative estimate of drug-likeness (QED) is 0.688. The number of aliphatic carboxylic acids is 2. The predicted octanol–water partition coefficient (Wildman–Crippen LogP) is 3.26. The number of hydrogen-bond donors (Lipinski definition) is 3. The zero-order chi connectivity index (χ0) is 19.9. The molecule has 1 fully saturated rings. The van der Waals surface area contributed by atoms with Crippen molar-refractivity contribution in [2.75, 3.05) is 25.0 Å². The second-order valence-electron chi connectivity index (χ2n) is 7.26. The molecular formula is C22H26N2O4. The number of nitrogens with zero attached hydrogens (tertiary/aromatic N) is 1. The lowest BCUT2D eigenvalue weighted by Crippen LogP contribution is -2.40. The number of para-hydroxylation sites is 1. The van der Waals surface area contributed by atoms with E-state index in [0.29, 0.717) is 6.04 Å². The first-order chi connectivity index (χ1) is 13.5. The topological polar surface area (TPSA) is 89.9 Å². The Morgan fingerprint density at radius 2 is 1.61 bits per heavy atom. The van der Waals surface area contributed by atoms with E-state index in [2.05, 4.69) is 64.8 Å². The SMILES string of the molecule is O=C(O)C(=O)O.c1ccc(NCC2c3ccccc3CCN2CC2CC2)cc1. The molecule has 2 aromatic carbocycles. The number of rotatable bonds is 5. The smallest absolute Gasteiger partial charge is 0.414 e. The molecule has 28 heavy (non-hydrogen) atoms. The van der Waals surface area contributed by atoms with Crippen molar-refractivity contribution in [3.05, 3.63) is 65.7 Å². The first kappa shape index (κ1) is 19.9. The molecule has 2 aliphatic rings. The van der Waals surface area contributed by atoms with Gasteiger partial charge in [0.15, 0.2) is 0 Å². The summed E-state index contributed by atoms with van der Waals surface area (Å²) in [4.78, 5) is 20.9. The monoisotopic (exact) mass is 382 g/mol. The fourth-order valence-corrected chi connectivity index (χ4v) is 3.56. The lowest BCUT2D eigenvalue weighted by Gasteiger charge is -2.37. The Hall–Kier alpha value is -2.86. The van der Waals surface area contributed by atoms with Crippen LogP contribution < -0.4 is 5.32 Å². The van der Waals surface area contributed by atoms with Gasteiger partial charge in [0.05, 0.1) is 6.04 Å². The number of hydrogen-bond acceptors (Lipinski definition) is 4. The van der Waals surface area contributed by atoms with Crippen LogP contribution in [-0.2, 0) is 16.0 Å². The molecule has 0 bridgehead atoms. The normalized spacial score (nSPS) is 18.4. The molecule has 0 aromatic heterocycles. The average Bonchev–Trinajstić information content (AvgIpc) is 3.52. The van der Waals surface area contributed by atoms with Crippen LogP contribution in [0, 0.1) is 5.92 Å². The molecular weight excluding hydrogens is 356 g/mol. The van der Waals surface area contributed by atoms with Gasteiger partial charge in [-0.05, 0) is 48.4 Å². The van der Waals surface area contributed by atoms with Gasteiger partial charge in [-0.15, -0.1) is 0 Å². The summed E-state index contributed by atoms with van der Waals surface area (Å²) < 4.78 is 0. The molecule has 1 aliphatic carbocycles. The summed E-state index contributed by atoms with van der Waals surface area (Å²) in [6, 6.07) is 20.1. The molecule has 6 nitrogen and oxygen atoms in total. The fraction of sp³-hybridized carbons (Fsp3) is 0.364. The highest BCUT2D eigenvalue weighted by atomic mass is 16.4. The van der Waals surface area contributed by atoms with Crippen LogP contribution in [0.2, 0.25) is 0 Å². The number of benzene rings is 2. The van der Waals surface area contributed by atoms with Gasteiger partial charge in [0.2, 0.25) is 0 Å². The average molecular weight is 382 g/mol. The van der Waals surface area contributed by atoms with E-state index in [1.54, 1.807) is 0 Å². The minimum atomic E-state index is -1.82. The number of carboxylic acid groups (broad SMARTS) is 2. The molecule has 4 rings (SSSR count). The third-order valence-electron chi connectivity index (χ3n) is 5.17. The second-order valence-corrected chi connectivity index (χ2v) is 7.26. The first-order valence-electron chi connectivity index (χ1n) is 9.61. The van der Waals surface area contributed by atoms with Crippen LogP contribution in [0.15, 0.2) is 54.6 Å². The van der Waals surface area contributed by atoms with Crippen molar-refractivity contribution >= 4 is 17.6 Å². The second kappa shape index (κ2) is 9.37. The number of carboxylic acids is 2. The zero-order valence-corrected chi connectivity index (χ0v) is 15.8. The summed E-state index contributed by atoms with van der Waals surface area (Å²) >= 11 is 0. The molecule has 2 aromatic rings. The lowest BCUT2D eigenvalue weighted by atomic mass is 9.92. The van der Waals surface area contributed by atoms with Gasteiger partial charge >= 0.3 is 11.9 Å². The van der Waals surface area contributed by atoms with E-state index in [9.17, 15) is 0 Å². The molecule has 0 spiro atoms. The highest BCUT2D eigenvalue weighted by Crippen LogP contribution is 2.36. The van der Waals surface area contributed by atoms with Crippen LogP contribution in [0.1, 0.15) is 30.0 Å². The molecule has 0 amide bonds. The summed E-state index contributed by atoms with van der Waals surface area (Å²) in [6.07, 6.45) is 4.05. The third kappa shape index (κ3) is 5.57. The predicted molar refractivity (Wildman–Crippen MR) is 107 cm³/mol. The molecule has 1 aliphatic heterocycles. The maximum Gasteiger partial charge on any atom is 0.414 e. The number of anilines is 1. The van der Waals surface area contributed by atoms with Crippen LogP contribution in [0.25, 0.3) is 0 Å². The molecule has 0 saturated heterocycles. The Morgan fingerprint density at radius 3 is 2.25 bits per heavy atom. The minimum Gasteiger partial charge on any atom is -0.473 e. The van der Waals surface area contributed by atoms with E-state index in [1.165, 1.54) is 49.2 Å². The molecule has 1 atom stereocenters. The van der Waals surface area contributed by atoms with E-state index in [4.69, 9.17) is 19.8 Å². The van der Waals surface area contributed by atoms with Gasteiger partial charge < -0.3 is 15.5 Å². The summed E-state index contributed by atoms with van der Waals surface area (Å²) in [6.45, 7) is 3.47. The van der Waals surface area contributed by atoms with Crippen molar-refractivity contribution in [1.29, 1.82) is 0 Å². The summed E-state index contributed by atoms with van der Waals surface area (Å²) in [5.41, 5.74) is 4.28. The van der Waals surface area contributed by atoms with Crippen molar-refractivity contribution in [1.82, 2.24) is 4.90 Å². The Bertz CT molecular complexity index is 793. The number of carbonyl (C=O) groups is 2. The molecule has 0 radical (unpaired) electrons. The molecule has 3 N–H and O–H groups in total. The molecule has 1 saturated carbocycles. The maximum absolute atomic E-state index is 9.10. The minimum absolute atomic E-state index is 0.505. The molecule has 1 heterocycles. The highest BCUT2D eigenvalue weighted by molar-refractivity contribution is 6.27. The van der Waals surface area contributed by atoms with Gasteiger partial charge in [-0.3, -0.25) is 4.90 Å². The molecule has 1 unspecified atom stereocenters.